The molecule has 46 valence electrons. The quantitative estimate of drug-likeness (QED) is 0.291. The fourth-order valence-electron chi connectivity index (χ4n) is 0. The minimum Gasteiger partial charge on any atom is -0.222 e. The maximum atomic E-state index is 8.35. The summed E-state index contributed by atoms with van der Waals surface area (Å²) in [6, 6.07) is 0. The molecular formula is C6H11NO. The van der Waals surface area contributed by atoms with E-state index in [1.165, 1.54) is 0 Å². The van der Waals surface area contributed by atoms with Crippen LogP contribution < -0.4 is 0 Å². The molecule has 0 amide bonds. The standard InChI is InChI=1S/C3H6.C2H4.CHNO/c1-3-2;1-2;2-1-3/h3H,1H2,2H3;1-2H2;2H. The van der Waals surface area contributed by atoms with Crippen LogP contribution >= 0.6 is 0 Å². The largest absolute Gasteiger partial charge is 0.231 e. The van der Waals surface area contributed by atoms with Gasteiger partial charge in [-0.15, -0.1) is 19.7 Å². The topological polar surface area (TPSA) is 40.9 Å². The average Bonchev–Trinajstić information content (AvgIpc) is 1.75. The molecule has 0 fully saturated rings. The third-order valence-electron chi connectivity index (χ3n) is 0. The van der Waals surface area contributed by atoms with Gasteiger partial charge in [0.2, 0.25) is 6.08 Å². The highest BCUT2D eigenvalue weighted by Gasteiger charge is 1.15. The van der Waals surface area contributed by atoms with Crippen LogP contribution in [-0.2, 0) is 4.79 Å². The molecule has 0 aliphatic carbocycles. The van der Waals surface area contributed by atoms with Gasteiger partial charge in [-0.3, -0.25) is 0 Å². The highest BCUT2D eigenvalue weighted by molar-refractivity contribution is 5.26. The molecule has 0 aromatic carbocycles. The van der Waals surface area contributed by atoms with E-state index in [2.05, 4.69) is 19.7 Å². The Morgan fingerprint density at radius 1 is 1.62 bits per heavy atom. The molecule has 2 heteroatoms. The van der Waals surface area contributed by atoms with Crippen LogP contribution in [0.4, 0.5) is 0 Å². The molecule has 0 aliphatic rings. The monoisotopic (exact) mass is 113 g/mol. The van der Waals surface area contributed by atoms with Crippen molar-refractivity contribution in [3.63, 3.8) is 0 Å². The van der Waals surface area contributed by atoms with E-state index >= 15 is 0 Å². The Morgan fingerprint density at radius 2 is 1.62 bits per heavy atom. The summed E-state index contributed by atoms with van der Waals surface area (Å²) in [5.41, 5.74) is 0. The van der Waals surface area contributed by atoms with Gasteiger partial charge in [0.25, 0.3) is 0 Å². The van der Waals surface area contributed by atoms with Crippen LogP contribution in [0.2, 0.25) is 0 Å². The molecule has 2 nitrogen and oxygen atoms in total. The molecular weight excluding hydrogens is 102 g/mol. The van der Waals surface area contributed by atoms with Crippen LogP contribution in [0.3, 0.4) is 0 Å². The van der Waals surface area contributed by atoms with Gasteiger partial charge in [0.15, 0.2) is 0 Å². The first-order valence-electron chi connectivity index (χ1n) is 1.94. The summed E-state index contributed by atoms with van der Waals surface area (Å²) in [5, 5.41) is 5.40. The number of hydrogen-bond donors (Lipinski definition) is 1. The van der Waals surface area contributed by atoms with Crippen LogP contribution in [0.1, 0.15) is 6.92 Å². The summed E-state index contributed by atoms with van der Waals surface area (Å²) in [7, 11) is 0. The fourth-order valence-corrected chi connectivity index (χ4v) is 0. The van der Waals surface area contributed by atoms with Crippen molar-refractivity contribution in [1.29, 1.82) is 5.41 Å². The van der Waals surface area contributed by atoms with Gasteiger partial charge in [-0.1, -0.05) is 6.08 Å². The van der Waals surface area contributed by atoms with Crippen molar-refractivity contribution in [3.8, 4) is 0 Å². The molecule has 0 saturated carbocycles. The smallest absolute Gasteiger partial charge is 0.222 e. The molecule has 0 aliphatic heterocycles. The van der Waals surface area contributed by atoms with E-state index in [-0.39, 0.29) is 0 Å². The first-order chi connectivity index (χ1) is 3.83. The normalized spacial score (nSPS) is 3.12. The second-order valence-electron chi connectivity index (χ2n) is 0.510. The summed E-state index contributed by atoms with van der Waals surface area (Å²) in [5.74, 6) is 0. The van der Waals surface area contributed by atoms with Gasteiger partial charge in [-0.2, -0.15) is 0 Å². The molecule has 0 atom stereocenters. The molecule has 0 saturated heterocycles. The lowest BCUT2D eigenvalue weighted by atomic mass is 10.8. The lowest BCUT2D eigenvalue weighted by molar-refractivity contribution is 0.563. The molecule has 0 heterocycles. The van der Waals surface area contributed by atoms with E-state index in [1.54, 1.807) is 6.08 Å². The van der Waals surface area contributed by atoms with E-state index in [4.69, 9.17) is 10.2 Å². The Hall–Kier alpha value is -1.14. The third kappa shape index (κ3) is 55.7. The van der Waals surface area contributed by atoms with E-state index in [9.17, 15) is 0 Å². The highest BCUT2D eigenvalue weighted by Crippen LogP contribution is 1.38. The summed E-state index contributed by atoms with van der Waals surface area (Å²) in [4.78, 5) is 8.35. The van der Waals surface area contributed by atoms with E-state index in [1.807, 2.05) is 6.92 Å². The van der Waals surface area contributed by atoms with Gasteiger partial charge in [-0.25, -0.2) is 10.2 Å². The van der Waals surface area contributed by atoms with Gasteiger partial charge < -0.3 is 0 Å². The third-order valence-corrected chi connectivity index (χ3v) is 0. The molecule has 0 radical (unpaired) electrons. The molecule has 0 bridgehead atoms. The zero-order valence-electron chi connectivity index (χ0n) is 5.11. The van der Waals surface area contributed by atoms with E-state index in [0.29, 0.717) is 0 Å². The van der Waals surface area contributed by atoms with Gasteiger partial charge in [-0.05, 0) is 6.92 Å². The number of hydrogen-bond acceptors (Lipinski definition) is 2. The molecule has 0 aromatic rings. The zero-order valence-corrected chi connectivity index (χ0v) is 5.11. The average molecular weight is 113 g/mol. The molecule has 0 unspecified atom stereocenters. The number of allylic oxidation sites excluding steroid dienone is 1. The maximum Gasteiger partial charge on any atom is 0.231 e. The Balaban J connectivity index is -0.0000000483. The van der Waals surface area contributed by atoms with Crippen molar-refractivity contribution in [3.05, 3.63) is 25.8 Å². The minimum absolute atomic E-state index is 0.750. The summed E-state index contributed by atoms with van der Waals surface area (Å²) in [6.07, 6.45) is 2.50. The Bertz CT molecular complexity index is 62.9. The van der Waals surface area contributed by atoms with E-state index < -0.39 is 0 Å². The Labute approximate surface area is 50.0 Å². The van der Waals surface area contributed by atoms with Crippen LogP contribution in [0.25, 0.3) is 0 Å². The first kappa shape index (κ1) is 15.8. The van der Waals surface area contributed by atoms with Crippen LogP contribution in [0, 0.1) is 5.41 Å². The van der Waals surface area contributed by atoms with Crippen molar-refractivity contribution >= 4 is 6.08 Å². The summed E-state index contributed by atoms with van der Waals surface area (Å²) >= 11 is 0. The maximum absolute atomic E-state index is 8.35. The summed E-state index contributed by atoms with van der Waals surface area (Å²) in [6.45, 7) is 11.2. The first-order valence-corrected chi connectivity index (χ1v) is 1.94. The van der Waals surface area contributed by atoms with Crippen molar-refractivity contribution < 1.29 is 4.79 Å². The Morgan fingerprint density at radius 3 is 1.62 bits per heavy atom. The van der Waals surface area contributed by atoms with Gasteiger partial charge >= 0.3 is 0 Å². The minimum atomic E-state index is 0.750. The van der Waals surface area contributed by atoms with Crippen molar-refractivity contribution in [2.24, 2.45) is 0 Å². The number of carbonyl (C=O) groups excluding carboxylic acids is 1. The second-order valence-corrected chi connectivity index (χ2v) is 0.510. The van der Waals surface area contributed by atoms with Crippen molar-refractivity contribution in [2.45, 2.75) is 6.92 Å². The van der Waals surface area contributed by atoms with Crippen LogP contribution in [0.15, 0.2) is 25.8 Å². The predicted molar refractivity (Wildman–Crippen MR) is 35.5 cm³/mol. The molecule has 0 aromatic heterocycles. The van der Waals surface area contributed by atoms with Crippen LogP contribution in [0.5, 0.6) is 0 Å². The van der Waals surface area contributed by atoms with Crippen molar-refractivity contribution in [1.82, 2.24) is 0 Å². The zero-order chi connectivity index (χ0) is 7.41. The van der Waals surface area contributed by atoms with Gasteiger partial charge in [0.1, 0.15) is 0 Å². The molecule has 0 rings (SSSR count). The lowest BCUT2D eigenvalue weighted by Crippen LogP contribution is -1.16. The van der Waals surface area contributed by atoms with Gasteiger partial charge in [0, 0.05) is 0 Å². The molecule has 0 spiro atoms. The number of isocyanates is 1. The molecule has 1 N–H and O–H groups in total. The van der Waals surface area contributed by atoms with Gasteiger partial charge in [0.05, 0.1) is 0 Å². The predicted octanol–water partition coefficient (Wildman–Crippen LogP) is 1.90. The second kappa shape index (κ2) is 187. The summed E-state index contributed by atoms with van der Waals surface area (Å²) < 4.78 is 0. The SMILES string of the molecule is C=C.C=CC.N=C=O. The van der Waals surface area contributed by atoms with E-state index in [0.717, 1.165) is 6.08 Å². The fraction of sp³-hybridized carbons (Fsp3) is 0.167. The molecule has 8 heavy (non-hydrogen) atoms. The number of nitrogens with one attached hydrogen (secondary N) is 1. The van der Waals surface area contributed by atoms with Crippen LogP contribution in [-0.4, -0.2) is 6.08 Å². The van der Waals surface area contributed by atoms with Crippen molar-refractivity contribution in [2.75, 3.05) is 0 Å². The lowest BCUT2D eigenvalue weighted by Gasteiger charge is -1.31. The highest BCUT2D eigenvalue weighted by atomic mass is 16.1. The number of rotatable bonds is 0. The Kier molecular flexibility index (Phi) is 370.